The van der Waals surface area contributed by atoms with Crippen LogP contribution in [0.1, 0.15) is 43.6 Å². The largest absolute Gasteiger partial charge is 0.479 e. The molecule has 0 aliphatic heterocycles. The van der Waals surface area contributed by atoms with E-state index in [0.29, 0.717) is 10.6 Å². The number of thiazole rings is 1. The van der Waals surface area contributed by atoms with Gasteiger partial charge in [0, 0.05) is 51.3 Å². The van der Waals surface area contributed by atoms with Gasteiger partial charge in [0.2, 0.25) is 0 Å². The Hall–Kier alpha value is -4.11. The van der Waals surface area contributed by atoms with Crippen LogP contribution in [0.2, 0.25) is 5.02 Å². The number of carbonyl (C=O) groups is 1. The molecule has 2 N–H and O–H groups in total. The molecule has 1 atom stereocenters. The first-order chi connectivity index (χ1) is 20.0. The number of ether oxygens (including phenoxy) is 1. The third-order valence-corrected chi connectivity index (χ3v) is 8.45. The molecule has 1 unspecified atom stereocenters. The van der Waals surface area contributed by atoms with Crippen molar-refractivity contribution in [1.29, 1.82) is 0 Å². The fourth-order valence-corrected chi connectivity index (χ4v) is 6.41. The molecule has 7 nitrogen and oxygen atoms in total. The molecule has 4 aromatic heterocycles. The highest BCUT2D eigenvalue weighted by molar-refractivity contribution is 7.22. The lowest BCUT2D eigenvalue weighted by atomic mass is 9.91. The number of fused-ring (bicyclic) bond motifs is 2. The Labute approximate surface area is 252 Å². The molecule has 42 heavy (non-hydrogen) atoms. The Balaban J connectivity index is 1.53. The van der Waals surface area contributed by atoms with Gasteiger partial charge in [-0.1, -0.05) is 23.7 Å². The summed E-state index contributed by atoms with van der Waals surface area (Å²) in [5.41, 5.74) is 7.72. The summed E-state index contributed by atoms with van der Waals surface area (Å²) in [6.45, 7) is 9.52. The Bertz CT molecular complexity index is 1970. The number of aliphatic carboxylic acids is 1. The summed E-state index contributed by atoms with van der Waals surface area (Å²) in [6, 6.07) is 15.4. The second-order valence-electron chi connectivity index (χ2n) is 11.3. The number of aromatic nitrogens is 4. The number of hydrogen-bond acceptors (Lipinski definition) is 6. The number of nitrogens with zero attached hydrogens (tertiary/aromatic N) is 3. The predicted molar refractivity (Wildman–Crippen MR) is 169 cm³/mol. The molecule has 0 amide bonds. The standard InChI is InChI=1S/C33H29ClN4O3S/c1-17-12-25-29(27(19-6-8-22(34)9-7-19)26(17)28(32(39)40)41-33(3,4)5)42-31(38-25)20-10-11-35-24(14-20)21-13-23-18(2)15-36-30(23)37-16-21/h6-16,28H,1-5H3,(H,36,37)(H,39,40). The lowest BCUT2D eigenvalue weighted by Gasteiger charge is -2.28. The van der Waals surface area contributed by atoms with E-state index >= 15 is 0 Å². The second-order valence-corrected chi connectivity index (χ2v) is 12.8. The Morgan fingerprint density at radius 3 is 2.48 bits per heavy atom. The van der Waals surface area contributed by atoms with Crippen LogP contribution in [0.4, 0.5) is 0 Å². The van der Waals surface area contributed by atoms with Crippen molar-refractivity contribution in [2.45, 2.75) is 46.3 Å². The Kier molecular flexibility index (Phi) is 7.09. The van der Waals surface area contributed by atoms with E-state index in [0.717, 1.165) is 65.3 Å². The number of carboxylic acids is 1. The molecule has 0 fully saturated rings. The quantitative estimate of drug-likeness (QED) is 0.199. The summed E-state index contributed by atoms with van der Waals surface area (Å²) < 4.78 is 7.01. The minimum absolute atomic E-state index is 0.599. The first-order valence-electron chi connectivity index (χ1n) is 13.5. The van der Waals surface area contributed by atoms with Crippen LogP contribution in [-0.4, -0.2) is 36.6 Å². The summed E-state index contributed by atoms with van der Waals surface area (Å²) in [5.74, 6) is -1.05. The minimum Gasteiger partial charge on any atom is -0.479 e. The highest BCUT2D eigenvalue weighted by Gasteiger charge is 2.32. The molecule has 0 saturated heterocycles. The Morgan fingerprint density at radius 2 is 1.76 bits per heavy atom. The van der Waals surface area contributed by atoms with Crippen LogP contribution in [0.15, 0.2) is 67.1 Å². The number of pyridine rings is 2. The van der Waals surface area contributed by atoms with Crippen LogP contribution in [0.25, 0.3) is 54.2 Å². The van der Waals surface area contributed by atoms with E-state index in [9.17, 15) is 9.90 Å². The maximum atomic E-state index is 12.6. The number of nitrogens with one attached hydrogen (secondary N) is 1. The van der Waals surface area contributed by atoms with Gasteiger partial charge in [-0.15, -0.1) is 11.3 Å². The molecule has 4 heterocycles. The molecule has 2 aromatic carbocycles. The fourth-order valence-electron chi connectivity index (χ4n) is 5.16. The summed E-state index contributed by atoms with van der Waals surface area (Å²) in [7, 11) is 0. The van der Waals surface area contributed by atoms with E-state index in [1.807, 2.05) is 89.5 Å². The molecule has 0 aliphatic carbocycles. The van der Waals surface area contributed by atoms with E-state index < -0.39 is 17.7 Å². The minimum atomic E-state index is -1.17. The van der Waals surface area contributed by atoms with Gasteiger partial charge in [0.1, 0.15) is 10.7 Å². The molecule has 0 aliphatic rings. The molecule has 6 rings (SSSR count). The zero-order valence-electron chi connectivity index (χ0n) is 23.8. The van der Waals surface area contributed by atoms with Gasteiger partial charge >= 0.3 is 5.97 Å². The molecular formula is C33H29ClN4O3S. The number of benzene rings is 2. The van der Waals surface area contributed by atoms with Crippen molar-refractivity contribution in [3.05, 3.63) is 88.8 Å². The second kappa shape index (κ2) is 10.6. The van der Waals surface area contributed by atoms with Gasteiger partial charge in [-0.2, -0.15) is 0 Å². The highest BCUT2D eigenvalue weighted by Crippen LogP contribution is 2.44. The molecule has 212 valence electrons. The third kappa shape index (κ3) is 5.29. The predicted octanol–water partition coefficient (Wildman–Crippen LogP) is 8.78. The third-order valence-electron chi connectivity index (χ3n) is 7.06. The number of H-pyrrole nitrogens is 1. The number of halogens is 1. The highest BCUT2D eigenvalue weighted by atomic mass is 35.5. The number of rotatable bonds is 6. The zero-order valence-corrected chi connectivity index (χ0v) is 25.4. The van der Waals surface area contributed by atoms with Crippen LogP contribution >= 0.6 is 22.9 Å². The average Bonchev–Trinajstić information content (AvgIpc) is 3.54. The van der Waals surface area contributed by atoms with Crippen molar-refractivity contribution in [2.75, 3.05) is 0 Å². The summed E-state index contributed by atoms with van der Waals surface area (Å²) in [4.78, 5) is 30.0. The van der Waals surface area contributed by atoms with E-state index in [-0.39, 0.29) is 0 Å². The summed E-state index contributed by atoms with van der Waals surface area (Å²) in [6.07, 6.45) is 4.37. The van der Waals surface area contributed by atoms with Crippen LogP contribution in [-0.2, 0) is 9.53 Å². The van der Waals surface area contributed by atoms with Gasteiger partial charge in [0.25, 0.3) is 0 Å². The number of carboxylic acid groups (broad SMARTS) is 1. The van der Waals surface area contributed by atoms with Crippen molar-refractivity contribution in [3.8, 4) is 33.0 Å². The van der Waals surface area contributed by atoms with Gasteiger partial charge in [-0.25, -0.2) is 14.8 Å². The number of aryl methyl sites for hydroxylation is 2. The first-order valence-corrected chi connectivity index (χ1v) is 14.7. The van der Waals surface area contributed by atoms with E-state index in [2.05, 4.69) is 21.0 Å². The van der Waals surface area contributed by atoms with Crippen LogP contribution in [0, 0.1) is 13.8 Å². The number of aromatic amines is 1. The summed E-state index contributed by atoms with van der Waals surface area (Å²) in [5, 5.41) is 12.8. The average molecular weight is 597 g/mol. The molecule has 0 bridgehead atoms. The normalized spacial score (nSPS) is 12.7. The van der Waals surface area contributed by atoms with Crippen LogP contribution in [0.5, 0.6) is 0 Å². The van der Waals surface area contributed by atoms with Crippen molar-refractivity contribution in [3.63, 3.8) is 0 Å². The fraction of sp³-hybridized carbons (Fsp3) is 0.212. The van der Waals surface area contributed by atoms with E-state index in [4.69, 9.17) is 21.3 Å². The smallest absolute Gasteiger partial charge is 0.337 e. The van der Waals surface area contributed by atoms with E-state index in [1.54, 1.807) is 6.20 Å². The summed E-state index contributed by atoms with van der Waals surface area (Å²) >= 11 is 7.75. The van der Waals surface area contributed by atoms with Gasteiger partial charge in [-0.3, -0.25) is 4.98 Å². The van der Waals surface area contributed by atoms with Crippen LogP contribution < -0.4 is 0 Å². The molecule has 6 aromatic rings. The van der Waals surface area contributed by atoms with Gasteiger partial charge < -0.3 is 14.8 Å². The van der Waals surface area contributed by atoms with Crippen LogP contribution in [0.3, 0.4) is 0 Å². The molecular weight excluding hydrogens is 568 g/mol. The Morgan fingerprint density at radius 1 is 1.00 bits per heavy atom. The van der Waals surface area contributed by atoms with Gasteiger partial charge in [0.05, 0.1) is 21.5 Å². The lowest BCUT2D eigenvalue weighted by molar-refractivity contribution is -0.160. The first kappa shape index (κ1) is 28.0. The van der Waals surface area contributed by atoms with Gasteiger partial charge in [0.15, 0.2) is 6.10 Å². The lowest BCUT2D eigenvalue weighted by Crippen LogP contribution is -2.28. The topological polar surface area (TPSA) is 101 Å². The molecule has 0 saturated carbocycles. The SMILES string of the molecule is Cc1cc2nc(-c3ccnc(-c4cnc5[nH]cc(C)c5c4)c3)sc2c(-c2ccc(Cl)cc2)c1C(OC(C)(C)C)C(=O)O. The molecule has 0 spiro atoms. The maximum absolute atomic E-state index is 12.6. The van der Waals surface area contributed by atoms with Crippen molar-refractivity contribution < 1.29 is 14.6 Å². The molecule has 0 radical (unpaired) electrons. The maximum Gasteiger partial charge on any atom is 0.337 e. The van der Waals surface area contributed by atoms with Crippen molar-refractivity contribution in [1.82, 2.24) is 19.9 Å². The van der Waals surface area contributed by atoms with Crippen molar-refractivity contribution >= 4 is 50.2 Å². The van der Waals surface area contributed by atoms with Gasteiger partial charge in [-0.05, 0) is 87.7 Å². The zero-order chi connectivity index (χ0) is 29.8. The van der Waals surface area contributed by atoms with E-state index in [1.165, 1.54) is 11.3 Å². The van der Waals surface area contributed by atoms with Crippen molar-refractivity contribution in [2.24, 2.45) is 0 Å². The molecule has 9 heteroatoms. The monoisotopic (exact) mass is 596 g/mol. The number of hydrogen-bond donors (Lipinski definition) is 2.